The molecule has 0 bridgehead atoms. The molecule has 0 radical (unpaired) electrons. The van der Waals surface area contributed by atoms with Gasteiger partial charge < -0.3 is 5.32 Å². The first kappa shape index (κ1) is 20.6. The minimum Gasteiger partial charge on any atom is -0.322 e. The van der Waals surface area contributed by atoms with Gasteiger partial charge in [-0.3, -0.25) is 9.59 Å². The molecule has 0 aliphatic carbocycles. The van der Waals surface area contributed by atoms with E-state index in [0.717, 1.165) is 5.56 Å². The molecule has 0 unspecified atom stereocenters. The molecule has 0 aliphatic heterocycles. The van der Waals surface area contributed by atoms with Crippen LogP contribution in [0.15, 0.2) is 71.8 Å². The second kappa shape index (κ2) is 9.37. The average molecular weight is 426 g/mol. The number of nitrogens with one attached hydrogen (secondary N) is 2. The van der Waals surface area contributed by atoms with E-state index in [-0.39, 0.29) is 5.91 Å². The SMILES string of the molecule is Cc1cccc(C(=O)Nc2cccc(C(=O)NN=Cc3ccc(Cl)cc3Cl)c2)c1. The third kappa shape index (κ3) is 5.67. The maximum Gasteiger partial charge on any atom is 0.271 e. The standard InChI is InChI=1S/C22H17Cl2N3O2/c1-14-4-2-5-15(10-14)21(28)26-19-7-3-6-16(11-19)22(29)27-25-13-17-8-9-18(23)12-20(17)24/h2-13H,1H3,(H,26,28)(H,27,29). The van der Waals surface area contributed by atoms with Crippen LogP contribution in [0.5, 0.6) is 0 Å². The van der Waals surface area contributed by atoms with Gasteiger partial charge in [-0.1, -0.05) is 53.0 Å². The third-order valence-corrected chi connectivity index (χ3v) is 4.56. The van der Waals surface area contributed by atoms with Gasteiger partial charge in [0.2, 0.25) is 0 Å². The Balaban J connectivity index is 1.66. The normalized spacial score (nSPS) is 10.7. The van der Waals surface area contributed by atoms with Gasteiger partial charge in [-0.25, -0.2) is 5.43 Å². The highest BCUT2D eigenvalue weighted by atomic mass is 35.5. The molecule has 7 heteroatoms. The summed E-state index contributed by atoms with van der Waals surface area (Å²) in [5.41, 5.74) is 5.45. The van der Waals surface area contributed by atoms with E-state index < -0.39 is 5.91 Å². The van der Waals surface area contributed by atoms with Crippen LogP contribution in [0, 0.1) is 6.92 Å². The lowest BCUT2D eigenvalue weighted by molar-refractivity contribution is 0.0953. The van der Waals surface area contributed by atoms with Gasteiger partial charge in [-0.15, -0.1) is 0 Å². The highest BCUT2D eigenvalue weighted by molar-refractivity contribution is 6.36. The number of hydrogen-bond donors (Lipinski definition) is 2. The Bertz CT molecular complexity index is 1100. The summed E-state index contributed by atoms with van der Waals surface area (Å²) in [6.45, 7) is 1.92. The molecule has 29 heavy (non-hydrogen) atoms. The number of halogens is 2. The van der Waals surface area contributed by atoms with Crippen molar-refractivity contribution in [2.45, 2.75) is 6.92 Å². The van der Waals surface area contributed by atoms with E-state index in [2.05, 4.69) is 15.8 Å². The lowest BCUT2D eigenvalue weighted by Gasteiger charge is -2.07. The molecule has 0 atom stereocenters. The van der Waals surface area contributed by atoms with Crippen molar-refractivity contribution in [2.75, 3.05) is 5.32 Å². The molecule has 2 amide bonds. The van der Waals surface area contributed by atoms with E-state index in [0.29, 0.717) is 32.4 Å². The minimum absolute atomic E-state index is 0.248. The molecule has 5 nitrogen and oxygen atoms in total. The van der Waals surface area contributed by atoms with Crippen LogP contribution in [0.3, 0.4) is 0 Å². The van der Waals surface area contributed by atoms with Crippen LogP contribution < -0.4 is 10.7 Å². The number of rotatable bonds is 5. The smallest absolute Gasteiger partial charge is 0.271 e. The van der Waals surface area contributed by atoms with Gasteiger partial charge in [-0.05, 0) is 49.4 Å². The van der Waals surface area contributed by atoms with Crippen LogP contribution in [0.1, 0.15) is 31.8 Å². The summed E-state index contributed by atoms with van der Waals surface area (Å²) >= 11 is 11.9. The minimum atomic E-state index is -0.419. The second-order valence-electron chi connectivity index (χ2n) is 6.27. The van der Waals surface area contributed by atoms with Gasteiger partial charge in [0.25, 0.3) is 11.8 Å². The number of benzene rings is 3. The predicted octanol–water partition coefficient (Wildman–Crippen LogP) is 5.32. The monoisotopic (exact) mass is 425 g/mol. The molecule has 2 N–H and O–H groups in total. The Labute approximate surface area is 178 Å². The molecular formula is C22H17Cl2N3O2. The predicted molar refractivity (Wildman–Crippen MR) is 117 cm³/mol. The maximum absolute atomic E-state index is 12.4. The molecule has 3 aromatic rings. The summed E-state index contributed by atoms with van der Waals surface area (Å²) in [7, 11) is 0. The molecule has 0 spiro atoms. The second-order valence-corrected chi connectivity index (χ2v) is 7.11. The first-order valence-electron chi connectivity index (χ1n) is 8.69. The van der Waals surface area contributed by atoms with Crippen LogP contribution in [0.25, 0.3) is 0 Å². The van der Waals surface area contributed by atoms with Crippen molar-refractivity contribution < 1.29 is 9.59 Å². The van der Waals surface area contributed by atoms with Crippen molar-refractivity contribution in [3.8, 4) is 0 Å². The average Bonchev–Trinajstić information content (AvgIpc) is 2.69. The fraction of sp³-hybridized carbons (Fsp3) is 0.0455. The van der Waals surface area contributed by atoms with E-state index in [1.54, 1.807) is 54.6 Å². The number of aryl methyl sites for hydroxylation is 1. The lowest BCUT2D eigenvalue weighted by Crippen LogP contribution is -2.18. The molecule has 0 saturated heterocycles. The molecule has 146 valence electrons. The molecule has 0 heterocycles. The van der Waals surface area contributed by atoms with Crippen LogP contribution in [0.2, 0.25) is 10.0 Å². The largest absolute Gasteiger partial charge is 0.322 e. The number of nitrogens with zero attached hydrogens (tertiary/aromatic N) is 1. The van der Waals surface area contributed by atoms with Gasteiger partial charge in [0.15, 0.2) is 0 Å². The van der Waals surface area contributed by atoms with Crippen LogP contribution in [0.4, 0.5) is 5.69 Å². The molecule has 3 aromatic carbocycles. The number of carbonyl (C=O) groups is 2. The van der Waals surface area contributed by atoms with Crippen molar-refractivity contribution in [2.24, 2.45) is 5.10 Å². The zero-order valence-corrected chi connectivity index (χ0v) is 17.0. The number of amides is 2. The summed E-state index contributed by atoms with van der Waals surface area (Å²) in [6.07, 6.45) is 1.43. The Morgan fingerprint density at radius 1 is 0.897 bits per heavy atom. The third-order valence-electron chi connectivity index (χ3n) is 4.00. The van der Waals surface area contributed by atoms with Gasteiger partial charge in [-0.2, -0.15) is 5.10 Å². The van der Waals surface area contributed by atoms with Gasteiger partial charge in [0.05, 0.1) is 11.2 Å². The molecular weight excluding hydrogens is 409 g/mol. The summed E-state index contributed by atoms with van der Waals surface area (Å²) in [5.74, 6) is -0.667. The first-order chi connectivity index (χ1) is 13.9. The quantitative estimate of drug-likeness (QED) is 0.428. The summed E-state index contributed by atoms with van der Waals surface area (Å²) in [6, 6.07) is 18.8. The van der Waals surface area contributed by atoms with E-state index in [1.807, 2.05) is 19.1 Å². The highest BCUT2D eigenvalue weighted by Gasteiger charge is 2.09. The molecule has 0 fully saturated rings. The van der Waals surface area contributed by atoms with Crippen LogP contribution in [-0.4, -0.2) is 18.0 Å². The number of anilines is 1. The Morgan fingerprint density at radius 2 is 1.62 bits per heavy atom. The van der Waals surface area contributed by atoms with Gasteiger partial charge in [0.1, 0.15) is 0 Å². The summed E-state index contributed by atoms with van der Waals surface area (Å²) < 4.78 is 0. The Hall–Kier alpha value is -3.15. The topological polar surface area (TPSA) is 70.6 Å². The van der Waals surface area contributed by atoms with Crippen molar-refractivity contribution in [1.82, 2.24) is 5.43 Å². The fourth-order valence-corrected chi connectivity index (χ4v) is 3.02. The fourth-order valence-electron chi connectivity index (χ4n) is 2.56. The zero-order valence-electron chi connectivity index (χ0n) is 15.4. The van der Waals surface area contributed by atoms with E-state index in [9.17, 15) is 9.59 Å². The molecule has 0 aromatic heterocycles. The Morgan fingerprint density at radius 3 is 2.34 bits per heavy atom. The van der Waals surface area contributed by atoms with Gasteiger partial charge >= 0.3 is 0 Å². The molecule has 0 saturated carbocycles. The van der Waals surface area contributed by atoms with Crippen molar-refractivity contribution in [3.63, 3.8) is 0 Å². The molecule has 0 aliphatic rings. The first-order valence-corrected chi connectivity index (χ1v) is 9.44. The number of carbonyl (C=O) groups excluding carboxylic acids is 2. The lowest BCUT2D eigenvalue weighted by atomic mass is 10.1. The van der Waals surface area contributed by atoms with Gasteiger partial charge in [0, 0.05) is 27.4 Å². The number of hydrogen-bond acceptors (Lipinski definition) is 3. The van der Waals surface area contributed by atoms with Crippen molar-refractivity contribution in [3.05, 3.63) is 99.0 Å². The van der Waals surface area contributed by atoms with Crippen molar-refractivity contribution in [1.29, 1.82) is 0 Å². The van der Waals surface area contributed by atoms with Crippen molar-refractivity contribution >= 4 is 46.9 Å². The zero-order chi connectivity index (χ0) is 20.8. The van der Waals surface area contributed by atoms with Crippen LogP contribution in [-0.2, 0) is 0 Å². The Kier molecular flexibility index (Phi) is 6.65. The summed E-state index contributed by atoms with van der Waals surface area (Å²) in [4.78, 5) is 24.7. The summed E-state index contributed by atoms with van der Waals surface area (Å²) in [5, 5.41) is 7.65. The van der Waals surface area contributed by atoms with E-state index in [4.69, 9.17) is 23.2 Å². The highest BCUT2D eigenvalue weighted by Crippen LogP contribution is 2.19. The maximum atomic E-state index is 12.4. The van der Waals surface area contributed by atoms with Crippen LogP contribution >= 0.6 is 23.2 Å². The van der Waals surface area contributed by atoms with E-state index in [1.165, 1.54) is 6.21 Å². The molecule has 3 rings (SSSR count). The van der Waals surface area contributed by atoms with E-state index >= 15 is 0 Å². The number of hydrazone groups is 1.